The SMILES string of the molecule is CC(=O)Nc1nc(-c2ccc(CI)c(C(F)(F)F)c2)c(CN2CCC[C@H]2C)s1. The Bertz CT molecular complexity index is 869. The van der Waals surface area contributed by atoms with Crippen molar-refractivity contribution in [1.29, 1.82) is 0 Å². The number of alkyl halides is 4. The maximum Gasteiger partial charge on any atom is 0.416 e. The largest absolute Gasteiger partial charge is 0.416 e. The summed E-state index contributed by atoms with van der Waals surface area (Å²) >= 11 is 3.26. The van der Waals surface area contributed by atoms with Gasteiger partial charge in [-0.25, -0.2) is 4.98 Å². The zero-order valence-electron chi connectivity index (χ0n) is 15.6. The van der Waals surface area contributed by atoms with Crippen LogP contribution in [-0.4, -0.2) is 28.4 Å². The standard InChI is InChI=1S/C19H21F3IN3OS/c1-11-4-3-7-26(11)10-16-17(25-18(28-16)24-12(2)27)13-5-6-14(9-23)15(8-13)19(20,21)22/h5-6,8,11H,3-4,7,9-10H2,1-2H3,(H,24,25,27)/t11-/m1/s1. The van der Waals surface area contributed by atoms with Gasteiger partial charge in [-0.15, -0.1) is 0 Å². The van der Waals surface area contributed by atoms with E-state index in [0.29, 0.717) is 29.0 Å². The third-order valence-electron chi connectivity index (χ3n) is 4.85. The number of carbonyl (C=O) groups is 1. The van der Waals surface area contributed by atoms with Gasteiger partial charge in [0.05, 0.1) is 11.3 Å². The fraction of sp³-hybridized carbons (Fsp3) is 0.474. The number of carbonyl (C=O) groups excluding carboxylic acids is 1. The Morgan fingerprint density at radius 2 is 2.18 bits per heavy atom. The summed E-state index contributed by atoms with van der Waals surface area (Å²) < 4.78 is 40.8. The molecule has 9 heteroatoms. The molecule has 1 aromatic heterocycles. The molecule has 28 heavy (non-hydrogen) atoms. The van der Waals surface area contributed by atoms with Gasteiger partial charge < -0.3 is 5.32 Å². The summed E-state index contributed by atoms with van der Waals surface area (Å²) in [7, 11) is 0. The van der Waals surface area contributed by atoms with Crippen LogP contribution in [0.1, 0.15) is 42.7 Å². The van der Waals surface area contributed by atoms with Crippen molar-refractivity contribution >= 4 is 45.0 Å². The summed E-state index contributed by atoms with van der Waals surface area (Å²) in [6.07, 6.45) is -2.21. The smallest absolute Gasteiger partial charge is 0.302 e. The van der Waals surface area contributed by atoms with E-state index in [9.17, 15) is 18.0 Å². The second kappa shape index (κ2) is 8.66. The summed E-state index contributed by atoms with van der Waals surface area (Å²) in [5.74, 6) is -0.252. The van der Waals surface area contributed by atoms with Crippen molar-refractivity contribution < 1.29 is 18.0 Å². The van der Waals surface area contributed by atoms with Crippen LogP contribution < -0.4 is 5.32 Å². The van der Waals surface area contributed by atoms with Crippen LogP contribution in [0.25, 0.3) is 11.3 Å². The van der Waals surface area contributed by atoms with Crippen LogP contribution in [0.5, 0.6) is 0 Å². The van der Waals surface area contributed by atoms with E-state index in [1.165, 1.54) is 30.4 Å². The van der Waals surface area contributed by atoms with Crippen LogP contribution >= 0.6 is 33.9 Å². The van der Waals surface area contributed by atoms with Gasteiger partial charge >= 0.3 is 6.18 Å². The monoisotopic (exact) mass is 523 g/mol. The van der Waals surface area contributed by atoms with Gasteiger partial charge in [0.1, 0.15) is 0 Å². The molecule has 1 saturated heterocycles. The molecule has 2 heterocycles. The Balaban J connectivity index is 2.04. The van der Waals surface area contributed by atoms with E-state index in [0.717, 1.165) is 24.3 Å². The number of benzene rings is 1. The lowest BCUT2D eigenvalue weighted by molar-refractivity contribution is -0.138. The number of nitrogens with one attached hydrogen (secondary N) is 1. The van der Waals surface area contributed by atoms with E-state index in [2.05, 4.69) is 22.1 Å². The normalized spacial score (nSPS) is 17.9. The molecule has 1 N–H and O–H groups in total. The molecule has 152 valence electrons. The highest BCUT2D eigenvalue weighted by atomic mass is 127. The minimum Gasteiger partial charge on any atom is -0.302 e. The Labute approximate surface area is 179 Å². The van der Waals surface area contributed by atoms with Crippen LogP contribution in [0, 0.1) is 0 Å². The van der Waals surface area contributed by atoms with Gasteiger partial charge in [0, 0.05) is 34.4 Å². The van der Waals surface area contributed by atoms with Gasteiger partial charge in [0.2, 0.25) is 5.91 Å². The lowest BCUT2D eigenvalue weighted by atomic mass is 10.0. The maximum absolute atomic E-state index is 13.5. The summed E-state index contributed by atoms with van der Waals surface area (Å²) in [5.41, 5.74) is 0.562. The minimum absolute atomic E-state index is 0.252. The molecule has 1 fully saturated rings. The molecule has 0 bridgehead atoms. The van der Waals surface area contributed by atoms with E-state index < -0.39 is 11.7 Å². The molecular formula is C19H21F3IN3OS. The third kappa shape index (κ3) is 4.85. The van der Waals surface area contributed by atoms with Gasteiger partial charge in [0.25, 0.3) is 0 Å². The predicted molar refractivity (Wildman–Crippen MR) is 114 cm³/mol. The number of nitrogens with zero attached hydrogens (tertiary/aromatic N) is 2. The average Bonchev–Trinajstić information content (AvgIpc) is 3.19. The number of rotatable bonds is 5. The zero-order chi connectivity index (χ0) is 20.5. The first-order chi connectivity index (χ1) is 13.2. The molecular weight excluding hydrogens is 502 g/mol. The van der Waals surface area contributed by atoms with Crippen LogP contribution in [0.4, 0.5) is 18.3 Å². The van der Waals surface area contributed by atoms with E-state index in [-0.39, 0.29) is 15.9 Å². The minimum atomic E-state index is -4.42. The Morgan fingerprint density at radius 1 is 1.43 bits per heavy atom. The number of likely N-dealkylation sites (tertiary alicyclic amines) is 1. The summed E-state index contributed by atoms with van der Waals surface area (Å²) in [6, 6.07) is 4.81. The van der Waals surface area contributed by atoms with E-state index in [1.54, 1.807) is 6.07 Å². The number of thiazole rings is 1. The molecule has 0 unspecified atom stereocenters. The van der Waals surface area contributed by atoms with E-state index in [4.69, 9.17) is 0 Å². The molecule has 0 aliphatic carbocycles. The lowest BCUT2D eigenvalue weighted by Crippen LogP contribution is -2.25. The molecule has 1 aromatic carbocycles. The van der Waals surface area contributed by atoms with Gasteiger partial charge in [0.15, 0.2) is 5.13 Å². The second-order valence-electron chi connectivity index (χ2n) is 6.94. The quantitative estimate of drug-likeness (QED) is 0.404. The van der Waals surface area contributed by atoms with Crippen molar-refractivity contribution in [3.8, 4) is 11.3 Å². The van der Waals surface area contributed by atoms with Crippen molar-refractivity contribution in [2.75, 3.05) is 11.9 Å². The topological polar surface area (TPSA) is 45.2 Å². The van der Waals surface area contributed by atoms with Gasteiger partial charge in [-0.2, -0.15) is 13.2 Å². The van der Waals surface area contributed by atoms with Gasteiger partial charge in [-0.3, -0.25) is 9.69 Å². The fourth-order valence-electron chi connectivity index (χ4n) is 3.40. The van der Waals surface area contributed by atoms with Crippen LogP contribution in [0.15, 0.2) is 18.2 Å². The summed E-state index contributed by atoms with van der Waals surface area (Å²) in [5, 5.41) is 3.08. The first-order valence-corrected chi connectivity index (χ1v) is 11.3. The number of halogens is 4. The third-order valence-corrected chi connectivity index (χ3v) is 6.63. The molecule has 0 radical (unpaired) electrons. The fourth-order valence-corrected chi connectivity index (χ4v) is 5.13. The van der Waals surface area contributed by atoms with Crippen molar-refractivity contribution in [2.24, 2.45) is 0 Å². The second-order valence-corrected chi connectivity index (χ2v) is 8.78. The van der Waals surface area contributed by atoms with Crippen LogP contribution in [-0.2, 0) is 21.9 Å². The molecule has 1 aliphatic heterocycles. The molecule has 1 atom stereocenters. The first-order valence-electron chi connectivity index (χ1n) is 8.97. The number of hydrogen-bond donors (Lipinski definition) is 1. The van der Waals surface area contributed by atoms with Crippen molar-refractivity contribution in [1.82, 2.24) is 9.88 Å². The van der Waals surface area contributed by atoms with Crippen molar-refractivity contribution in [3.63, 3.8) is 0 Å². The molecule has 2 aromatic rings. The van der Waals surface area contributed by atoms with Gasteiger partial charge in [-0.1, -0.05) is 46.1 Å². The average molecular weight is 523 g/mol. The van der Waals surface area contributed by atoms with Crippen molar-refractivity contribution in [2.45, 2.75) is 49.9 Å². The van der Waals surface area contributed by atoms with Gasteiger partial charge in [-0.05, 0) is 37.9 Å². The Hall–Kier alpha value is -1.20. The highest BCUT2D eigenvalue weighted by Gasteiger charge is 2.34. The lowest BCUT2D eigenvalue weighted by Gasteiger charge is -2.20. The molecule has 1 amide bonds. The number of amides is 1. The van der Waals surface area contributed by atoms with E-state index >= 15 is 0 Å². The summed E-state index contributed by atoms with van der Waals surface area (Å²) in [4.78, 5) is 19.1. The maximum atomic E-state index is 13.5. The number of aromatic nitrogens is 1. The molecule has 3 rings (SSSR count). The Morgan fingerprint density at radius 3 is 2.75 bits per heavy atom. The number of hydrogen-bond acceptors (Lipinski definition) is 4. The van der Waals surface area contributed by atoms with Crippen LogP contribution in [0.2, 0.25) is 0 Å². The number of anilines is 1. The zero-order valence-corrected chi connectivity index (χ0v) is 18.5. The molecule has 0 saturated carbocycles. The summed E-state index contributed by atoms with van der Waals surface area (Å²) in [6.45, 7) is 5.11. The first kappa shape index (κ1) is 21.5. The molecule has 0 spiro atoms. The molecule has 1 aliphatic rings. The highest BCUT2D eigenvalue weighted by Crippen LogP contribution is 2.39. The van der Waals surface area contributed by atoms with Crippen LogP contribution in [0.3, 0.4) is 0 Å². The highest BCUT2D eigenvalue weighted by molar-refractivity contribution is 14.1. The molecule has 4 nitrogen and oxygen atoms in total. The van der Waals surface area contributed by atoms with Crippen molar-refractivity contribution in [3.05, 3.63) is 34.2 Å². The van der Waals surface area contributed by atoms with E-state index in [1.807, 2.05) is 22.6 Å². The Kier molecular flexibility index (Phi) is 6.65. The predicted octanol–water partition coefficient (Wildman–Crippen LogP) is 5.71.